The van der Waals surface area contributed by atoms with Gasteiger partial charge in [0, 0.05) is 25.0 Å². The Bertz CT molecular complexity index is 522. The number of rotatable bonds is 5. The van der Waals surface area contributed by atoms with E-state index in [4.69, 9.17) is 10.7 Å². The van der Waals surface area contributed by atoms with Crippen LogP contribution in [0.5, 0.6) is 0 Å². The quantitative estimate of drug-likeness (QED) is 0.878. The molecule has 0 atom stereocenters. The molecule has 0 amide bonds. The molecule has 3 nitrogen and oxygen atoms in total. The van der Waals surface area contributed by atoms with Gasteiger partial charge in [0.25, 0.3) is 0 Å². The number of anilines is 1. The zero-order valence-corrected chi connectivity index (χ0v) is 11.2. The van der Waals surface area contributed by atoms with Crippen molar-refractivity contribution in [2.75, 3.05) is 18.0 Å². The summed E-state index contributed by atoms with van der Waals surface area (Å²) in [5.74, 6) is 1.07. The maximum atomic E-state index is 5.74. The zero-order valence-electron chi connectivity index (χ0n) is 11.2. The lowest BCUT2D eigenvalue weighted by molar-refractivity contribution is 0.778. The van der Waals surface area contributed by atoms with Crippen molar-refractivity contribution in [1.29, 1.82) is 0 Å². The van der Waals surface area contributed by atoms with Crippen LogP contribution in [-0.4, -0.2) is 18.1 Å². The number of pyridine rings is 1. The molecule has 96 valence electrons. The zero-order chi connectivity index (χ0) is 13.0. The smallest absolute Gasteiger partial charge is 0.136 e. The second kappa shape index (κ2) is 5.83. The van der Waals surface area contributed by atoms with E-state index in [-0.39, 0.29) is 0 Å². The second-order valence-corrected chi connectivity index (χ2v) is 4.44. The van der Waals surface area contributed by atoms with Crippen molar-refractivity contribution in [3.05, 3.63) is 36.0 Å². The Morgan fingerprint density at radius 2 is 2.00 bits per heavy atom. The average Bonchev–Trinajstić information content (AvgIpc) is 2.43. The molecule has 2 aromatic rings. The molecule has 0 aliphatic heterocycles. The highest BCUT2D eigenvalue weighted by Gasteiger charge is 2.10. The van der Waals surface area contributed by atoms with Crippen molar-refractivity contribution in [3.63, 3.8) is 0 Å². The molecule has 0 saturated heterocycles. The largest absolute Gasteiger partial charge is 0.356 e. The van der Waals surface area contributed by atoms with Crippen molar-refractivity contribution >= 4 is 16.6 Å². The Morgan fingerprint density at radius 3 is 2.67 bits per heavy atom. The molecule has 0 aliphatic carbocycles. The van der Waals surface area contributed by atoms with Crippen LogP contribution >= 0.6 is 0 Å². The van der Waals surface area contributed by atoms with E-state index in [1.165, 1.54) is 10.8 Å². The van der Waals surface area contributed by atoms with E-state index < -0.39 is 0 Å². The first-order valence-electron chi connectivity index (χ1n) is 6.63. The topological polar surface area (TPSA) is 42.2 Å². The van der Waals surface area contributed by atoms with Gasteiger partial charge in [-0.3, -0.25) is 0 Å². The first kappa shape index (κ1) is 12.8. The summed E-state index contributed by atoms with van der Waals surface area (Å²) < 4.78 is 0. The van der Waals surface area contributed by atoms with Gasteiger partial charge in [0.1, 0.15) is 5.82 Å². The lowest BCUT2D eigenvalue weighted by atomic mass is 10.1. The van der Waals surface area contributed by atoms with Crippen molar-refractivity contribution in [2.24, 2.45) is 5.73 Å². The Labute approximate surface area is 109 Å². The lowest BCUT2D eigenvalue weighted by Crippen LogP contribution is -2.25. The van der Waals surface area contributed by atoms with Gasteiger partial charge in [-0.1, -0.05) is 31.2 Å². The van der Waals surface area contributed by atoms with Crippen LogP contribution in [0.15, 0.2) is 30.3 Å². The second-order valence-electron chi connectivity index (χ2n) is 4.44. The van der Waals surface area contributed by atoms with Gasteiger partial charge >= 0.3 is 0 Å². The standard InChI is InChI=1S/C15H21N3/c1-3-9-18(4-2)15-14-8-6-5-7-12(14)10-13(11-16)17-15/h5-8,10H,3-4,9,11,16H2,1-2H3. The van der Waals surface area contributed by atoms with E-state index in [0.717, 1.165) is 31.0 Å². The maximum absolute atomic E-state index is 5.74. The Balaban J connectivity index is 2.58. The number of aromatic nitrogens is 1. The molecule has 0 saturated carbocycles. The molecule has 2 N–H and O–H groups in total. The predicted molar refractivity (Wildman–Crippen MR) is 77.8 cm³/mol. The van der Waals surface area contributed by atoms with Crippen LogP contribution < -0.4 is 10.6 Å². The van der Waals surface area contributed by atoms with Crippen LogP contribution in [-0.2, 0) is 6.54 Å². The molecular weight excluding hydrogens is 222 g/mol. The molecule has 2 rings (SSSR count). The summed E-state index contributed by atoms with van der Waals surface area (Å²) in [6.45, 7) is 6.85. The molecular formula is C15H21N3. The molecule has 0 unspecified atom stereocenters. The highest BCUT2D eigenvalue weighted by Crippen LogP contribution is 2.25. The fourth-order valence-corrected chi connectivity index (χ4v) is 2.26. The van der Waals surface area contributed by atoms with Gasteiger partial charge in [-0.05, 0) is 24.8 Å². The molecule has 3 heteroatoms. The highest BCUT2D eigenvalue weighted by atomic mass is 15.2. The minimum atomic E-state index is 0.488. The van der Waals surface area contributed by atoms with Crippen molar-refractivity contribution in [2.45, 2.75) is 26.8 Å². The number of nitrogens with two attached hydrogens (primary N) is 1. The fraction of sp³-hybridized carbons (Fsp3) is 0.400. The summed E-state index contributed by atoms with van der Waals surface area (Å²) >= 11 is 0. The molecule has 1 aromatic heterocycles. The SMILES string of the molecule is CCCN(CC)c1nc(CN)cc2ccccc12. The number of hydrogen-bond acceptors (Lipinski definition) is 3. The normalized spacial score (nSPS) is 10.8. The molecule has 0 fully saturated rings. The van der Waals surface area contributed by atoms with Crippen molar-refractivity contribution < 1.29 is 0 Å². The Kier molecular flexibility index (Phi) is 4.15. The molecule has 0 spiro atoms. The summed E-state index contributed by atoms with van der Waals surface area (Å²) in [5.41, 5.74) is 6.70. The first-order valence-corrected chi connectivity index (χ1v) is 6.63. The number of fused-ring (bicyclic) bond motifs is 1. The first-order chi connectivity index (χ1) is 8.80. The van der Waals surface area contributed by atoms with Gasteiger partial charge in [0.05, 0.1) is 5.69 Å². The number of nitrogens with zero attached hydrogens (tertiary/aromatic N) is 2. The maximum Gasteiger partial charge on any atom is 0.136 e. The van der Waals surface area contributed by atoms with Crippen LogP contribution in [0.2, 0.25) is 0 Å². The average molecular weight is 243 g/mol. The van der Waals surface area contributed by atoms with Crippen LogP contribution in [0, 0.1) is 0 Å². The van der Waals surface area contributed by atoms with E-state index in [9.17, 15) is 0 Å². The minimum Gasteiger partial charge on any atom is -0.356 e. The monoisotopic (exact) mass is 243 g/mol. The summed E-state index contributed by atoms with van der Waals surface area (Å²) in [4.78, 5) is 7.03. The van der Waals surface area contributed by atoms with Crippen molar-refractivity contribution in [1.82, 2.24) is 4.98 Å². The van der Waals surface area contributed by atoms with Crippen LogP contribution in [0.3, 0.4) is 0 Å². The summed E-state index contributed by atoms with van der Waals surface area (Å²) in [7, 11) is 0. The van der Waals surface area contributed by atoms with Gasteiger partial charge in [0.15, 0.2) is 0 Å². The molecule has 0 aliphatic rings. The fourth-order valence-electron chi connectivity index (χ4n) is 2.26. The van der Waals surface area contributed by atoms with Gasteiger partial charge < -0.3 is 10.6 Å². The third-order valence-corrected chi connectivity index (χ3v) is 3.16. The van der Waals surface area contributed by atoms with Gasteiger partial charge in [-0.2, -0.15) is 0 Å². The van der Waals surface area contributed by atoms with E-state index >= 15 is 0 Å². The van der Waals surface area contributed by atoms with Crippen molar-refractivity contribution in [3.8, 4) is 0 Å². The predicted octanol–water partition coefficient (Wildman–Crippen LogP) is 2.93. The molecule has 18 heavy (non-hydrogen) atoms. The van der Waals surface area contributed by atoms with Gasteiger partial charge in [0.2, 0.25) is 0 Å². The Morgan fingerprint density at radius 1 is 1.22 bits per heavy atom. The van der Waals surface area contributed by atoms with Crippen LogP contribution in [0.4, 0.5) is 5.82 Å². The summed E-state index contributed by atoms with van der Waals surface area (Å²) in [6.07, 6.45) is 1.12. The molecule has 0 radical (unpaired) electrons. The molecule has 1 heterocycles. The summed E-state index contributed by atoms with van der Waals surface area (Å²) in [5, 5.41) is 2.43. The third-order valence-electron chi connectivity index (χ3n) is 3.16. The third kappa shape index (κ3) is 2.46. The van der Waals surface area contributed by atoms with Crippen LogP contribution in [0.25, 0.3) is 10.8 Å². The number of benzene rings is 1. The van der Waals surface area contributed by atoms with E-state index in [2.05, 4.69) is 49.1 Å². The molecule has 1 aromatic carbocycles. The highest BCUT2D eigenvalue weighted by molar-refractivity contribution is 5.92. The lowest BCUT2D eigenvalue weighted by Gasteiger charge is -2.23. The van der Waals surface area contributed by atoms with E-state index in [1.54, 1.807) is 0 Å². The number of hydrogen-bond donors (Lipinski definition) is 1. The van der Waals surface area contributed by atoms with Crippen LogP contribution in [0.1, 0.15) is 26.0 Å². The van der Waals surface area contributed by atoms with E-state index in [1.807, 2.05) is 0 Å². The summed E-state index contributed by atoms with van der Waals surface area (Å²) in [6, 6.07) is 10.5. The molecule has 0 bridgehead atoms. The minimum absolute atomic E-state index is 0.488. The van der Waals surface area contributed by atoms with Gasteiger partial charge in [-0.25, -0.2) is 4.98 Å². The Hall–Kier alpha value is -1.61. The van der Waals surface area contributed by atoms with E-state index in [0.29, 0.717) is 6.54 Å². The van der Waals surface area contributed by atoms with Gasteiger partial charge in [-0.15, -0.1) is 0 Å².